The van der Waals surface area contributed by atoms with Crippen molar-refractivity contribution < 1.29 is 0 Å². The summed E-state index contributed by atoms with van der Waals surface area (Å²) in [6.07, 6.45) is 0.799. The molecule has 0 saturated heterocycles. The van der Waals surface area contributed by atoms with Crippen molar-refractivity contribution in [1.29, 1.82) is 0 Å². The van der Waals surface area contributed by atoms with Gasteiger partial charge in [-0.3, -0.25) is 0 Å². The third kappa shape index (κ3) is 9.23. The lowest BCUT2D eigenvalue weighted by Gasteiger charge is -2.45. The van der Waals surface area contributed by atoms with E-state index in [4.69, 9.17) is 31.4 Å². The molecule has 0 aliphatic carbocycles. The number of fused-ring (bicyclic) bond motifs is 6. The molecule has 0 saturated carbocycles. The molecule has 9 heteroatoms. The number of anilines is 9. The summed E-state index contributed by atoms with van der Waals surface area (Å²) < 4.78 is 2.55. The Balaban J connectivity index is 1.35. The van der Waals surface area contributed by atoms with Gasteiger partial charge in [0.1, 0.15) is 31.4 Å². The van der Waals surface area contributed by atoms with E-state index in [1.807, 2.05) is 11.3 Å². The summed E-state index contributed by atoms with van der Waals surface area (Å²) in [6.45, 7) is 40.4. The fourth-order valence-electron chi connectivity index (χ4n) is 12.1. The molecule has 0 unspecified atom stereocenters. The average molecular weight is 1020 g/mol. The summed E-state index contributed by atoms with van der Waals surface area (Å²) >= 11 is 1.90. The van der Waals surface area contributed by atoms with Gasteiger partial charge in [-0.2, -0.15) is 0 Å². The smallest absolute Gasteiger partial charge is 0.264 e. The van der Waals surface area contributed by atoms with Gasteiger partial charge in [0.15, 0.2) is 0 Å². The molecule has 3 heterocycles. The van der Waals surface area contributed by atoms with E-state index in [1.165, 1.54) is 65.0 Å². The highest BCUT2D eigenvalue weighted by Crippen LogP contribution is 2.50. The molecule has 1 aromatic heterocycles. The Bertz CT molecular complexity index is 3610. The lowest BCUT2D eigenvalue weighted by molar-refractivity contribution is 0.589. The number of benzene rings is 7. The Morgan fingerprint density at radius 2 is 0.974 bits per heavy atom. The van der Waals surface area contributed by atoms with Crippen molar-refractivity contribution in [1.82, 2.24) is 0 Å². The number of rotatable bonds is 6. The predicted molar refractivity (Wildman–Crippen MR) is 344 cm³/mol. The molecule has 2 aliphatic rings. The maximum absolute atomic E-state index is 7.53. The second-order valence-corrected chi connectivity index (χ2v) is 28.4. The first-order valence-electron chi connectivity index (χ1n) is 27.7. The fraction of sp³-hybridized carbons (Fsp3) is 0.353. The van der Waals surface area contributed by atoms with E-state index in [0.717, 1.165) is 57.3 Å². The topological polar surface area (TPSA) is 9.72 Å². The minimum absolute atomic E-state index is 0.0114. The molecule has 0 N–H and O–H groups in total. The van der Waals surface area contributed by atoms with Crippen LogP contribution in [0.1, 0.15) is 155 Å². The van der Waals surface area contributed by atoms with E-state index < -0.39 is 5.41 Å². The maximum Gasteiger partial charge on any atom is 0.264 e. The highest BCUT2D eigenvalue weighted by atomic mass is 32.1. The third-order valence-electron chi connectivity index (χ3n) is 16.4. The normalized spacial score (nSPS) is 13.8. The average Bonchev–Trinajstić information content (AvgIpc) is 3.73. The van der Waals surface area contributed by atoms with E-state index in [9.17, 15) is 0 Å². The monoisotopic (exact) mass is 1020 g/mol. The SMILES string of the molecule is [B]c1c([B])c(C(C)(C)C)c([B])c([B])c1N1c2cc(N(c3ccc(C(C)(C)C)cc3)c3c(C)cc(C(C)(C)C)cc3C)ccc2B2c3sc4ccc(C(C)(C)C)cc4c3N(c3ccc(C(C)(C)C)cc3)c3cc(CC)cc1c32. The predicted octanol–water partition coefficient (Wildman–Crippen LogP) is 13.3. The molecule has 0 amide bonds. The number of nitrogens with zero attached hydrogens (tertiary/aromatic N) is 3. The van der Waals surface area contributed by atoms with Gasteiger partial charge in [0.2, 0.25) is 0 Å². The first-order chi connectivity index (χ1) is 35.8. The van der Waals surface area contributed by atoms with E-state index in [2.05, 4.69) is 249 Å². The molecule has 77 heavy (non-hydrogen) atoms. The van der Waals surface area contributed by atoms with Crippen LogP contribution in [-0.4, -0.2) is 38.1 Å². The highest BCUT2D eigenvalue weighted by Gasteiger charge is 2.46. The standard InChI is InChI=1S/C68H74B5N3S/c1-19-40-34-51-59-52(35-40)76(62-57(71)55(69)54(68(16,17)18)56(70)58(62)72)50-37-47(74(45-25-20-41(21-26-45)64(4,5)6)60-38(2)32-44(33-39(60)3)67(13,14)15)29-30-49(50)73(59)63-61(48-36-43(66(10,11)12)24-31-53(48)77-63)75(51)46-27-22-42(23-28-46)65(7,8)9/h20-37H,19H2,1-18H3. The van der Waals surface area contributed by atoms with Crippen LogP contribution in [0.5, 0.6) is 0 Å². The maximum atomic E-state index is 7.53. The van der Waals surface area contributed by atoms with Gasteiger partial charge in [0.25, 0.3) is 6.71 Å². The fourth-order valence-corrected chi connectivity index (χ4v) is 13.4. The Kier molecular flexibility index (Phi) is 13.2. The zero-order chi connectivity index (χ0) is 56.0. The van der Waals surface area contributed by atoms with Crippen LogP contribution >= 0.6 is 11.3 Å². The number of hydrogen-bond acceptors (Lipinski definition) is 4. The zero-order valence-corrected chi connectivity index (χ0v) is 50.1. The molecule has 0 fully saturated rings. The van der Waals surface area contributed by atoms with E-state index in [0.29, 0.717) is 27.5 Å². The van der Waals surface area contributed by atoms with Crippen molar-refractivity contribution in [3.63, 3.8) is 0 Å². The molecule has 8 radical (unpaired) electrons. The van der Waals surface area contributed by atoms with Gasteiger partial charge in [0.05, 0.1) is 11.4 Å². The van der Waals surface area contributed by atoms with Crippen molar-refractivity contribution in [3.8, 4) is 0 Å². The molecular weight excluding hydrogens is 945 g/mol. The molecule has 0 spiro atoms. The van der Waals surface area contributed by atoms with Gasteiger partial charge in [-0.05, 0) is 158 Å². The number of hydrogen-bond donors (Lipinski definition) is 0. The molecule has 0 atom stereocenters. The van der Waals surface area contributed by atoms with Crippen molar-refractivity contribution in [2.24, 2.45) is 0 Å². The lowest BCUT2D eigenvalue weighted by atomic mass is 9.36. The second-order valence-electron chi connectivity index (χ2n) is 27.3. The minimum Gasteiger partial charge on any atom is -0.313 e. The van der Waals surface area contributed by atoms with Gasteiger partial charge < -0.3 is 14.7 Å². The zero-order valence-electron chi connectivity index (χ0n) is 49.2. The molecule has 8 aromatic rings. The Morgan fingerprint density at radius 3 is 1.48 bits per heavy atom. The molecule has 7 aromatic carbocycles. The Labute approximate surface area is 472 Å². The summed E-state index contributed by atoms with van der Waals surface area (Å²) in [7, 11) is 29.6. The van der Waals surface area contributed by atoms with Crippen molar-refractivity contribution in [3.05, 3.63) is 154 Å². The van der Waals surface area contributed by atoms with Crippen LogP contribution in [0, 0.1) is 13.8 Å². The second kappa shape index (κ2) is 18.7. The van der Waals surface area contributed by atoms with E-state index >= 15 is 0 Å². The molecule has 10 rings (SSSR count). The molecule has 382 valence electrons. The van der Waals surface area contributed by atoms with Crippen LogP contribution in [0.2, 0.25) is 0 Å². The summed E-state index contributed by atoms with van der Waals surface area (Å²) in [5.74, 6) is 0. The summed E-state index contributed by atoms with van der Waals surface area (Å²) in [4.78, 5) is 7.32. The molecular formula is C68H74B5N3S. The van der Waals surface area contributed by atoms with Crippen LogP contribution in [0.25, 0.3) is 10.1 Å². The van der Waals surface area contributed by atoms with Crippen LogP contribution in [-0.2, 0) is 33.5 Å². The molecule has 3 nitrogen and oxygen atoms in total. The first-order valence-corrected chi connectivity index (χ1v) is 28.5. The largest absolute Gasteiger partial charge is 0.313 e. The van der Waals surface area contributed by atoms with E-state index in [-0.39, 0.29) is 28.4 Å². The van der Waals surface area contributed by atoms with Gasteiger partial charge >= 0.3 is 0 Å². The number of aryl methyl sites for hydroxylation is 3. The van der Waals surface area contributed by atoms with Crippen LogP contribution < -0.4 is 52.3 Å². The number of thiophene rings is 1. The summed E-state index contributed by atoms with van der Waals surface area (Å²) in [5, 5.41) is 1.26. The van der Waals surface area contributed by atoms with Crippen molar-refractivity contribution in [2.45, 2.75) is 158 Å². The van der Waals surface area contributed by atoms with E-state index in [1.54, 1.807) is 0 Å². The van der Waals surface area contributed by atoms with Crippen molar-refractivity contribution >= 4 is 148 Å². The first kappa shape index (κ1) is 54.6. The highest BCUT2D eigenvalue weighted by molar-refractivity contribution is 7.33. The summed E-state index contributed by atoms with van der Waals surface area (Å²) in [5.41, 5.74) is 22.3. The lowest BCUT2D eigenvalue weighted by Crippen LogP contribution is -2.61. The third-order valence-corrected chi connectivity index (χ3v) is 17.6. The quantitative estimate of drug-likeness (QED) is 0.154. The van der Waals surface area contributed by atoms with Gasteiger partial charge in [-0.15, -0.1) is 11.3 Å². The van der Waals surface area contributed by atoms with Gasteiger partial charge in [-0.1, -0.05) is 187 Å². The van der Waals surface area contributed by atoms with Crippen LogP contribution in [0.3, 0.4) is 0 Å². The summed E-state index contributed by atoms with van der Waals surface area (Å²) in [6, 6.07) is 42.1. The van der Waals surface area contributed by atoms with Crippen LogP contribution in [0.4, 0.5) is 51.2 Å². The van der Waals surface area contributed by atoms with Crippen molar-refractivity contribution in [2.75, 3.05) is 14.7 Å². The molecule has 0 bridgehead atoms. The molecule has 2 aliphatic heterocycles. The minimum atomic E-state index is -0.428. The van der Waals surface area contributed by atoms with Crippen LogP contribution in [0.15, 0.2) is 109 Å². The van der Waals surface area contributed by atoms with Gasteiger partial charge in [-0.25, -0.2) is 0 Å². The Morgan fingerprint density at radius 1 is 0.481 bits per heavy atom. The van der Waals surface area contributed by atoms with Gasteiger partial charge in [0, 0.05) is 54.7 Å². The Hall–Kier alpha value is -5.78.